The standard InChI is InChI=1S/C22H18ClF3N6O2S/c1-12(31-19(33)6-5-16(27-2)13-4-3-7-28-9-13)21-30-11-17(35-21)20(34)32-18-8-14(22(24,25)26)15(23)10-29-18/h3-12H,1-2H3,(H,31,33)(H,29,32,34)/b6-5+,27-16?/t12-/m1/s1. The van der Waals surface area contributed by atoms with Crippen molar-refractivity contribution in [2.45, 2.75) is 19.1 Å². The highest BCUT2D eigenvalue weighted by Crippen LogP contribution is 2.35. The number of rotatable bonds is 7. The number of halogens is 4. The summed E-state index contributed by atoms with van der Waals surface area (Å²) in [4.78, 5) is 40.9. The summed E-state index contributed by atoms with van der Waals surface area (Å²) < 4.78 is 39.0. The summed E-state index contributed by atoms with van der Waals surface area (Å²) in [5, 5.41) is 4.87. The third kappa shape index (κ3) is 6.93. The number of allylic oxidation sites excluding steroid dienone is 1. The number of amides is 2. The fourth-order valence-electron chi connectivity index (χ4n) is 2.79. The minimum Gasteiger partial charge on any atom is -0.344 e. The summed E-state index contributed by atoms with van der Waals surface area (Å²) in [5.41, 5.74) is 0.206. The molecule has 3 rings (SSSR count). The van der Waals surface area contributed by atoms with Gasteiger partial charge in [0.15, 0.2) is 0 Å². The lowest BCUT2D eigenvalue weighted by molar-refractivity contribution is -0.137. The van der Waals surface area contributed by atoms with Gasteiger partial charge >= 0.3 is 6.18 Å². The molecule has 2 amide bonds. The van der Waals surface area contributed by atoms with Crippen LogP contribution in [-0.4, -0.2) is 39.5 Å². The molecule has 1 atom stereocenters. The fourth-order valence-corrected chi connectivity index (χ4v) is 3.81. The third-order valence-electron chi connectivity index (χ3n) is 4.47. The van der Waals surface area contributed by atoms with Crippen LogP contribution in [0, 0.1) is 0 Å². The van der Waals surface area contributed by atoms with Crippen molar-refractivity contribution in [2.75, 3.05) is 12.4 Å². The van der Waals surface area contributed by atoms with Gasteiger partial charge in [0.05, 0.1) is 28.5 Å². The first kappa shape index (κ1) is 26.0. The van der Waals surface area contributed by atoms with Crippen LogP contribution in [0.3, 0.4) is 0 Å². The highest BCUT2D eigenvalue weighted by Gasteiger charge is 2.34. The average molecular weight is 523 g/mol. The molecule has 0 bridgehead atoms. The largest absolute Gasteiger partial charge is 0.418 e. The number of nitrogens with one attached hydrogen (secondary N) is 2. The predicted molar refractivity (Wildman–Crippen MR) is 127 cm³/mol. The van der Waals surface area contributed by atoms with Gasteiger partial charge in [0.1, 0.15) is 15.7 Å². The van der Waals surface area contributed by atoms with Crippen LogP contribution in [0.5, 0.6) is 0 Å². The summed E-state index contributed by atoms with van der Waals surface area (Å²) >= 11 is 6.52. The third-order valence-corrected chi connectivity index (χ3v) is 5.95. The second-order valence-electron chi connectivity index (χ2n) is 6.98. The van der Waals surface area contributed by atoms with E-state index in [2.05, 4.69) is 30.6 Å². The van der Waals surface area contributed by atoms with Crippen LogP contribution in [0.25, 0.3) is 0 Å². The molecule has 35 heavy (non-hydrogen) atoms. The van der Waals surface area contributed by atoms with Crippen LogP contribution >= 0.6 is 22.9 Å². The number of carbonyl (C=O) groups is 2. The quantitative estimate of drug-likeness (QED) is 0.345. The average Bonchev–Trinajstić information content (AvgIpc) is 3.31. The lowest BCUT2D eigenvalue weighted by Crippen LogP contribution is -2.24. The first-order valence-corrected chi connectivity index (χ1v) is 11.1. The van der Waals surface area contributed by atoms with Gasteiger partial charge in [-0.25, -0.2) is 9.97 Å². The molecule has 13 heteroatoms. The van der Waals surface area contributed by atoms with E-state index in [9.17, 15) is 22.8 Å². The maximum Gasteiger partial charge on any atom is 0.418 e. The topological polar surface area (TPSA) is 109 Å². The zero-order valence-corrected chi connectivity index (χ0v) is 19.9. The summed E-state index contributed by atoms with van der Waals surface area (Å²) in [5.74, 6) is -1.42. The maximum atomic E-state index is 13.0. The molecule has 8 nitrogen and oxygen atoms in total. The molecule has 0 saturated heterocycles. The summed E-state index contributed by atoms with van der Waals surface area (Å²) in [7, 11) is 1.60. The molecule has 0 unspecified atom stereocenters. The highest BCUT2D eigenvalue weighted by molar-refractivity contribution is 7.13. The molecular weight excluding hydrogens is 505 g/mol. The Hall–Kier alpha value is -3.64. The molecule has 0 aliphatic rings. The van der Waals surface area contributed by atoms with Crippen molar-refractivity contribution in [3.05, 3.63) is 81.2 Å². The van der Waals surface area contributed by atoms with Gasteiger partial charge in [0.25, 0.3) is 5.91 Å². The minimum absolute atomic E-state index is 0.124. The molecule has 0 radical (unpaired) electrons. The van der Waals surface area contributed by atoms with Gasteiger partial charge in [-0.15, -0.1) is 11.3 Å². The van der Waals surface area contributed by atoms with Gasteiger partial charge in [-0.05, 0) is 31.2 Å². The zero-order chi connectivity index (χ0) is 25.6. The molecular formula is C22H18ClF3N6O2S. The molecule has 0 aliphatic heterocycles. The number of pyridine rings is 2. The lowest BCUT2D eigenvalue weighted by Gasteiger charge is -2.10. The van der Waals surface area contributed by atoms with E-state index in [1.807, 2.05) is 6.07 Å². The van der Waals surface area contributed by atoms with E-state index < -0.39 is 34.6 Å². The van der Waals surface area contributed by atoms with Crippen LogP contribution in [0.1, 0.15) is 38.8 Å². The molecule has 0 aliphatic carbocycles. The van der Waals surface area contributed by atoms with E-state index >= 15 is 0 Å². The van der Waals surface area contributed by atoms with Crippen LogP contribution in [-0.2, 0) is 11.0 Å². The summed E-state index contributed by atoms with van der Waals surface area (Å²) in [6.45, 7) is 1.68. The molecule has 3 aromatic rings. The van der Waals surface area contributed by atoms with Crippen LogP contribution in [0.2, 0.25) is 5.02 Å². The van der Waals surface area contributed by atoms with E-state index in [0.29, 0.717) is 16.8 Å². The summed E-state index contributed by atoms with van der Waals surface area (Å²) in [6, 6.07) is 3.68. The number of alkyl halides is 3. The van der Waals surface area contributed by atoms with Crippen molar-refractivity contribution in [3.8, 4) is 0 Å². The smallest absolute Gasteiger partial charge is 0.344 e. The van der Waals surface area contributed by atoms with Gasteiger partial charge in [-0.3, -0.25) is 19.6 Å². The Morgan fingerprint density at radius 3 is 2.63 bits per heavy atom. The second kappa shape index (κ2) is 11.2. The molecule has 3 aromatic heterocycles. The van der Waals surface area contributed by atoms with Crippen molar-refractivity contribution in [1.29, 1.82) is 0 Å². The Morgan fingerprint density at radius 2 is 1.97 bits per heavy atom. The van der Waals surface area contributed by atoms with Crippen molar-refractivity contribution < 1.29 is 22.8 Å². The van der Waals surface area contributed by atoms with Crippen molar-refractivity contribution in [2.24, 2.45) is 4.99 Å². The second-order valence-corrected chi connectivity index (χ2v) is 8.45. The van der Waals surface area contributed by atoms with E-state index in [4.69, 9.17) is 11.6 Å². The van der Waals surface area contributed by atoms with Gasteiger partial charge in [-0.1, -0.05) is 11.6 Å². The van der Waals surface area contributed by atoms with Crippen molar-refractivity contribution in [3.63, 3.8) is 0 Å². The van der Waals surface area contributed by atoms with E-state index in [0.717, 1.165) is 23.1 Å². The zero-order valence-electron chi connectivity index (χ0n) is 18.3. The SMILES string of the molecule is CN=C(/C=C/C(=O)N[C@H](C)c1ncc(C(=O)Nc2cc(C(F)(F)F)c(Cl)cn2)s1)c1cccnc1. The van der Waals surface area contributed by atoms with Crippen LogP contribution in [0.15, 0.2) is 60.1 Å². The lowest BCUT2D eigenvalue weighted by atomic mass is 10.1. The highest BCUT2D eigenvalue weighted by atomic mass is 35.5. The van der Waals surface area contributed by atoms with E-state index in [-0.39, 0.29) is 10.7 Å². The Morgan fingerprint density at radius 1 is 1.20 bits per heavy atom. The Kier molecular flexibility index (Phi) is 8.30. The molecule has 0 spiro atoms. The monoisotopic (exact) mass is 522 g/mol. The minimum atomic E-state index is -4.69. The first-order chi connectivity index (χ1) is 16.6. The number of hydrogen-bond acceptors (Lipinski definition) is 7. The first-order valence-electron chi connectivity index (χ1n) is 9.94. The number of aromatic nitrogens is 3. The Labute approximate surface area is 207 Å². The molecule has 0 aromatic carbocycles. The number of aliphatic imine (C=N–C) groups is 1. The van der Waals surface area contributed by atoms with Crippen molar-refractivity contribution >= 4 is 46.3 Å². The number of anilines is 1. The van der Waals surface area contributed by atoms with Gasteiger partial charge < -0.3 is 10.6 Å². The molecule has 182 valence electrons. The van der Waals surface area contributed by atoms with E-state index in [1.165, 1.54) is 12.3 Å². The number of hydrogen-bond donors (Lipinski definition) is 2. The fraction of sp³-hybridized carbons (Fsp3) is 0.182. The van der Waals surface area contributed by atoms with Crippen molar-refractivity contribution in [1.82, 2.24) is 20.3 Å². The molecule has 0 fully saturated rings. The maximum absolute atomic E-state index is 13.0. The van der Waals surface area contributed by atoms with Crippen LogP contribution in [0.4, 0.5) is 19.0 Å². The van der Waals surface area contributed by atoms with Gasteiger partial charge in [-0.2, -0.15) is 13.2 Å². The molecule has 2 N–H and O–H groups in total. The van der Waals surface area contributed by atoms with Gasteiger partial charge in [0.2, 0.25) is 5.91 Å². The normalized spacial score (nSPS) is 13.0. The Balaban J connectivity index is 1.63. The Bertz CT molecular complexity index is 1280. The summed E-state index contributed by atoms with van der Waals surface area (Å²) in [6.07, 6.45) is 3.50. The number of thiazole rings is 1. The molecule has 0 saturated carbocycles. The number of nitrogens with zero attached hydrogens (tertiary/aromatic N) is 4. The van der Waals surface area contributed by atoms with E-state index in [1.54, 1.807) is 38.5 Å². The molecule has 3 heterocycles. The predicted octanol–water partition coefficient (Wildman–Crippen LogP) is 4.71. The van der Waals surface area contributed by atoms with Gasteiger partial charge in [0, 0.05) is 37.3 Å². The van der Waals surface area contributed by atoms with Crippen LogP contribution < -0.4 is 10.6 Å². The number of carbonyl (C=O) groups excluding carboxylic acids is 2.